The van der Waals surface area contributed by atoms with Gasteiger partial charge in [0.1, 0.15) is 11.4 Å². The van der Waals surface area contributed by atoms with Crippen LogP contribution in [-0.4, -0.2) is 21.0 Å². The zero-order chi connectivity index (χ0) is 13.0. The number of aryl methyl sites for hydroxylation is 1. The van der Waals surface area contributed by atoms with Crippen molar-refractivity contribution in [3.05, 3.63) is 47.8 Å². The zero-order valence-electron chi connectivity index (χ0n) is 9.74. The van der Waals surface area contributed by atoms with Crippen molar-refractivity contribution in [2.45, 2.75) is 6.92 Å². The number of ether oxygens (including phenoxy) is 1. The minimum atomic E-state index is -0.0848. The monoisotopic (exact) mass is 244 g/mol. The normalized spacial score (nSPS) is 11.3. The minimum Gasteiger partial charge on any atom is -0.424 e. The summed E-state index contributed by atoms with van der Waals surface area (Å²) in [5.74, 6) is 0.534. The van der Waals surface area contributed by atoms with E-state index in [1.165, 1.54) is 0 Å². The van der Waals surface area contributed by atoms with Crippen LogP contribution >= 0.6 is 0 Å². The van der Waals surface area contributed by atoms with E-state index in [-0.39, 0.29) is 11.8 Å². The van der Waals surface area contributed by atoms with E-state index in [0.717, 1.165) is 0 Å². The van der Waals surface area contributed by atoms with Crippen LogP contribution in [0.3, 0.4) is 0 Å². The lowest BCUT2D eigenvalue weighted by Crippen LogP contribution is -2.16. The average molecular weight is 244 g/mol. The summed E-state index contributed by atoms with van der Waals surface area (Å²) in [6.07, 6.45) is 0. The van der Waals surface area contributed by atoms with Gasteiger partial charge >= 0.3 is 6.01 Å². The van der Waals surface area contributed by atoms with Gasteiger partial charge in [0.05, 0.1) is 0 Å². The van der Waals surface area contributed by atoms with Gasteiger partial charge in [0.25, 0.3) is 0 Å². The van der Waals surface area contributed by atoms with Gasteiger partial charge in [-0.15, -0.1) is 0 Å². The number of amidine groups is 1. The second-order valence-electron chi connectivity index (χ2n) is 3.58. The van der Waals surface area contributed by atoms with Gasteiger partial charge in [0.15, 0.2) is 5.84 Å². The topological polar surface area (TPSA) is 93.6 Å². The van der Waals surface area contributed by atoms with Crippen molar-refractivity contribution in [1.29, 1.82) is 0 Å². The fourth-order valence-corrected chi connectivity index (χ4v) is 1.36. The van der Waals surface area contributed by atoms with Gasteiger partial charge in [-0.3, -0.25) is 0 Å². The van der Waals surface area contributed by atoms with Crippen LogP contribution in [0.15, 0.2) is 41.6 Å². The number of nitrogens with two attached hydrogens (primary N) is 1. The molecule has 0 atom stereocenters. The highest BCUT2D eigenvalue weighted by Crippen LogP contribution is 2.17. The fourth-order valence-electron chi connectivity index (χ4n) is 1.36. The SMILES string of the molecule is Cc1cc(/C(N)=N/O)nc(Oc2ccccc2)n1. The summed E-state index contributed by atoms with van der Waals surface area (Å²) < 4.78 is 5.48. The Morgan fingerprint density at radius 2 is 2.00 bits per heavy atom. The van der Waals surface area contributed by atoms with E-state index in [4.69, 9.17) is 15.7 Å². The van der Waals surface area contributed by atoms with Gasteiger partial charge < -0.3 is 15.7 Å². The number of para-hydroxylation sites is 1. The molecule has 6 nitrogen and oxygen atoms in total. The Morgan fingerprint density at radius 1 is 1.28 bits per heavy atom. The van der Waals surface area contributed by atoms with Gasteiger partial charge in [-0.25, -0.2) is 4.98 Å². The number of hydrogen-bond donors (Lipinski definition) is 2. The first-order valence-corrected chi connectivity index (χ1v) is 5.25. The third-order valence-corrected chi connectivity index (χ3v) is 2.16. The molecule has 0 radical (unpaired) electrons. The first-order chi connectivity index (χ1) is 8.69. The highest BCUT2D eigenvalue weighted by molar-refractivity contribution is 5.95. The Balaban J connectivity index is 2.31. The molecule has 0 aliphatic rings. The van der Waals surface area contributed by atoms with Crippen LogP contribution in [0.4, 0.5) is 0 Å². The predicted octanol–water partition coefficient (Wildman–Crippen LogP) is 1.67. The Bertz CT molecular complexity index is 570. The van der Waals surface area contributed by atoms with Crippen LogP contribution in [-0.2, 0) is 0 Å². The van der Waals surface area contributed by atoms with Crippen LogP contribution < -0.4 is 10.5 Å². The third-order valence-electron chi connectivity index (χ3n) is 2.16. The molecule has 0 aliphatic heterocycles. The molecule has 1 aromatic heterocycles. The molecule has 2 aromatic rings. The quantitative estimate of drug-likeness (QED) is 0.371. The summed E-state index contributed by atoms with van der Waals surface area (Å²) in [5, 5.41) is 11.5. The lowest BCUT2D eigenvalue weighted by atomic mass is 10.3. The van der Waals surface area contributed by atoms with Gasteiger partial charge in [0, 0.05) is 5.69 Å². The Hall–Kier alpha value is -2.63. The molecule has 18 heavy (non-hydrogen) atoms. The zero-order valence-corrected chi connectivity index (χ0v) is 9.74. The standard InChI is InChI=1S/C12H12N4O2/c1-8-7-10(11(13)16-17)15-12(14-8)18-9-5-3-2-4-6-9/h2-7,17H,1H3,(H2,13,16). The smallest absolute Gasteiger partial charge is 0.322 e. The van der Waals surface area contributed by atoms with E-state index >= 15 is 0 Å². The maximum atomic E-state index is 8.62. The van der Waals surface area contributed by atoms with Crippen LogP contribution in [0, 0.1) is 6.92 Å². The first kappa shape index (κ1) is 11.8. The number of hydrogen-bond acceptors (Lipinski definition) is 5. The maximum absolute atomic E-state index is 8.62. The van der Waals surface area contributed by atoms with E-state index in [9.17, 15) is 0 Å². The van der Waals surface area contributed by atoms with Crippen molar-refractivity contribution in [1.82, 2.24) is 9.97 Å². The largest absolute Gasteiger partial charge is 0.424 e. The molecular weight excluding hydrogens is 232 g/mol. The summed E-state index contributed by atoms with van der Waals surface area (Å²) >= 11 is 0. The Kier molecular flexibility index (Phi) is 3.38. The minimum absolute atomic E-state index is 0.0848. The molecule has 0 spiro atoms. The number of oxime groups is 1. The predicted molar refractivity (Wildman–Crippen MR) is 65.8 cm³/mol. The van der Waals surface area contributed by atoms with Gasteiger partial charge in [-0.2, -0.15) is 4.98 Å². The van der Waals surface area contributed by atoms with Crippen molar-refractivity contribution in [2.75, 3.05) is 0 Å². The van der Waals surface area contributed by atoms with Crippen molar-refractivity contribution in [2.24, 2.45) is 10.9 Å². The van der Waals surface area contributed by atoms with E-state index < -0.39 is 0 Å². The summed E-state index contributed by atoms with van der Waals surface area (Å²) in [6.45, 7) is 1.77. The van der Waals surface area contributed by atoms with Crippen LogP contribution in [0.2, 0.25) is 0 Å². The molecule has 0 bridgehead atoms. The van der Waals surface area contributed by atoms with Gasteiger partial charge in [-0.1, -0.05) is 23.4 Å². The lowest BCUT2D eigenvalue weighted by Gasteiger charge is -2.06. The Morgan fingerprint density at radius 3 is 2.67 bits per heavy atom. The molecule has 1 aromatic carbocycles. The summed E-state index contributed by atoms with van der Waals surface area (Å²) in [6, 6.07) is 10.9. The number of aromatic nitrogens is 2. The van der Waals surface area contributed by atoms with Crippen molar-refractivity contribution < 1.29 is 9.94 Å². The van der Waals surface area contributed by atoms with E-state index in [1.807, 2.05) is 18.2 Å². The fraction of sp³-hybridized carbons (Fsp3) is 0.0833. The first-order valence-electron chi connectivity index (χ1n) is 5.25. The lowest BCUT2D eigenvalue weighted by molar-refractivity contribution is 0.318. The summed E-state index contributed by atoms with van der Waals surface area (Å²) in [5.41, 5.74) is 6.46. The second kappa shape index (κ2) is 5.13. The molecule has 2 rings (SSSR count). The average Bonchev–Trinajstić information content (AvgIpc) is 2.38. The van der Waals surface area contributed by atoms with E-state index in [0.29, 0.717) is 17.1 Å². The third kappa shape index (κ3) is 2.73. The molecule has 92 valence electrons. The van der Waals surface area contributed by atoms with E-state index in [1.54, 1.807) is 25.1 Å². The van der Waals surface area contributed by atoms with Crippen LogP contribution in [0.5, 0.6) is 11.8 Å². The molecular formula is C12H12N4O2. The molecule has 1 heterocycles. The van der Waals surface area contributed by atoms with Crippen molar-refractivity contribution >= 4 is 5.84 Å². The molecule has 0 fully saturated rings. The van der Waals surface area contributed by atoms with Crippen LogP contribution in [0.25, 0.3) is 0 Å². The van der Waals surface area contributed by atoms with Crippen LogP contribution in [0.1, 0.15) is 11.4 Å². The summed E-state index contributed by atoms with van der Waals surface area (Å²) in [4.78, 5) is 8.17. The van der Waals surface area contributed by atoms with Crippen molar-refractivity contribution in [3.8, 4) is 11.8 Å². The maximum Gasteiger partial charge on any atom is 0.322 e. The molecule has 0 unspecified atom stereocenters. The highest BCUT2D eigenvalue weighted by atomic mass is 16.5. The van der Waals surface area contributed by atoms with Gasteiger partial charge in [0.2, 0.25) is 0 Å². The molecule has 0 saturated heterocycles. The van der Waals surface area contributed by atoms with Gasteiger partial charge in [-0.05, 0) is 25.1 Å². The second-order valence-corrected chi connectivity index (χ2v) is 3.58. The summed E-state index contributed by atoms with van der Waals surface area (Å²) in [7, 11) is 0. The highest BCUT2D eigenvalue weighted by Gasteiger charge is 2.07. The number of benzene rings is 1. The molecule has 3 N–H and O–H groups in total. The van der Waals surface area contributed by atoms with Crippen molar-refractivity contribution in [3.63, 3.8) is 0 Å². The molecule has 6 heteroatoms. The van der Waals surface area contributed by atoms with E-state index in [2.05, 4.69) is 15.1 Å². The molecule has 0 amide bonds. The Labute approximate surface area is 104 Å². The molecule has 0 saturated carbocycles. The molecule has 0 aliphatic carbocycles. The number of rotatable bonds is 3. The number of nitrogens with zero attached hydrogens (tertiary/aromatic N) is 3.